The summed E-state index contributed by atoms with van der Waals surface area (Å²) >= 11 is 0. The number of nitrogens with zero attached hydrogens (tertiary/aromatic N) is 3. The van der Waals surface area contributed by atoms with Crippen LogP contribution in [-0.4, -0.2) is 27.2 Å². The zero-order valence-electron chi connectivity index (χ0n) is 12.9. The second kappa shape index (κ2) is 7.39. The lowest BCUT2D eigenvalue weighted by molar-refractivity contribution is -0.385. The summed E-state index contributed by atoms with van der Waals surface area (Å²) in [6.45, 7) is 4.34. The summed E-state index contributed by atoms with van der Waals surface area (Å²) in [5, 5.41) is 17.3. The molecule has 0 radical (unpaired) electrons. The van der Waals surface area contributed by atoms with Gasteiger partial charge in [0.05, 0.1) is 29.7 Å². The van der Waals surface area contributed by atoms with Crippen LogP contribution in [0.5, 0.6) is 5.75 Å². The molecule has 0 bridgehead atoms. The molecule has 1 aromatic heterocycles. The minimum absolute atomic E-state index is 0.0979. The lowest BCUT2D eigenvalue weighted by Crippen LogP contribution is -2.24. The van der Waals surface area contributed by atoms with Crippen LogP contribution >= 0.6 is 0 Å². The van der Waals surface area contributed by atoms with Crippen molar-refractivity contribution in [1.29, 1.82) is 0 Å². The lowest BCUT2D eigenvalue weighted by atomic mass is 10.1. The Morgan fingerprint density at radius 1 is 1.48 bits per heavy atom. The number of rotatable bonds is 7. The molecule has 1 aromatic carbocycles. The molecule has 0 aliphatic heterocycles. The first-order chi connectivity index (χ1) is 11.0. The maximum absolute atomic E-state index is 12.3. The minimum Gasteiger partial charge on any atom is -0.492 e. The molecule has 0 saturated heterocycles. The fourth-order valence-electron chi connectivity index (χ4n) is 2.02. The van der Waals surface area contributed by atoms with Crippen molar-refractivity contribution in [1.82, 2.24) is 9.78 Å². The van der Waals surface area contributed by atoms with Crippen molar-refractivity contribution in [3.63, 3.8) is 0 Å². The highest BCUT2D eigenvalue weighted by Crippen LogP contribution is 2.24. The quantitative estimate of drug-likeness (QED) is 0.624. The van der Waals surface area contributed by atoms with E-state index in [1.54, 1.807) is 25.1 Å². The molecule has 122 valence electrons. The van der Waals surface area contributed by atoms with Gasteiger partial charge in [0.1, 0.15) is 18.1 Å². The standard InChI is InChI=1S/C15H18N4O4/c1-3-23-14-7-5-4-6-13(14)17-15(20)11(2)9-18-10-12(8-16-18)19(21)22/h4-8,10-11H,3,9H2,1-2H3,(H,17,20)/t11-/m1/s1. The molecule has 8 heteroatoms. The molecule has 1 amide bonds. The van der Waals surface area contributed by atoms with Gasteiger partial charge in [0, 0.05) is 0 Å². The van der Waals surface area contributed by atoms with Crippen molar-refractivity contribution in [3.05, 3.63) is 46.8 Å². The van der Waals surface area contributed by atoms with E-state index >= 15 is 0 Å². The van der Waals surface area contributed by atoms with Gasteiger partial charge >= 0.3 is 5.69 Å². The third-order valence-corrected chi connectivity index (χ3v) is 3.18. The van der Waals surface area contributed by atoms with Crippen LogP contribution in [0.4, 0.5) is 11.4 Å². The van der Waals surface area contributed by atoms with E-state index in [0.29, 0.717) is 18.0 Å². The van der Waals surface area contributed by atoms with Crippen molar-refractivity contribution < 1.29 is 14.5 Å². The van der Waals surface area contributed by atoms with Crippen molar-refractivity contribution in [2.24, 2.45) is 5.92 Å². The van der Waals surface area contributed by atoms with E-state index in [9.17, 15) is 14.9 Å². The largest absolute Gasteiger partial charge is 0.492 e. The second-order valence-electron chi connectivity index (χ2n) is 5.00. The smallest absolute Gasteiger partial charge is 0.306 e. The highest BCUT2D eigenvalue weighted by molar-refractivity contribution is 5.93. The molecule has 0 unspecified atom stereocenters. The molecule has 0 fully saturated rings. The number of hydrogen-bond acceptors (Lipinski definition) is 5. The van der Waals surface area contributed by atoms with Gasteiger partial charge in [-0.1, -0.05) is 19.1 Å². The molecule has 1 N–H and O–H groups in total. The molecule has 0 aliphatic rings. The van der Waals surface area contributed by atoms with Crippen molar-refractivity contribution in [2.75, 3.05) is 11.9 Å². The van der Waals surface area contributed by atoms with E-state index in [4.69, 9.17) is 4.74 Å². The van der Waals surface area contributed by atoms with Gasteiger partial charge in [0.15, 0.2) is 0 Å². The maximum Gasteiger partial charge on any atom is 0.306 e. The zero-order valence-corrected chi connectivity index (χ0v) is 12.9. The van der Waals surface area contributed by atoms with Crippen LogP contribution in [0.1, 0.15) is 13.8 Å². The summed E-state index contributed by atoms with van der Waals surface area (Å²) in [5.74, 6) is -0.0234. The Balaban J connectivity index is 2.01. The van der Waals surface area contributed by atoms with E-state index in [-0.39, 0.29) is 18.1 Å². The first-order valence-electron chi connectivity index (χ1n) is 7.20. The summed E-state index contributed by atoms with van der Waals surface area (Å²) in [5.41, 5.74) is 0.497. The highest BCUT2D eigenvalue weighted by Gasteiger charge is 2.17. The molecule has 23 heavy (non-hydrogen) atoms. The number of para-hydroxylation sites is 2. The number of carbonyl (C=O) groups is 1. The average Bonchev–Trinajstić information content (AvgIpc) is 2.98. The van der Waals surface area contributed by atoms with E-state index in [0.717, 1.165) is 6.20 Å². The number of amides is 1. The number of ether oxygens (including phenoxy) is 1. The van der Waals surface area contributed by atoms with Crippen molar-refractivity contribution in [2.45, 2.75) is 20.4 Å². The zero-order chi connectivity index (χ0) is 16.8. The third-order valence-electron chi connectivity index (χ3n) is 3.18. The molecule has 1 atom stereocenters. The Morgan fingerprint density at radius 2 is 2.22 bits per heavy atom. The second-order valence-corrected chi connectivity index (χ2v) is 5.00. The molecule has 2 aromatic rings. The predicted octanol–water partition coefficient (Wildman–Crippen LogP) is 2.46. The van der Waals surface area contributed by atoms with Crippen LogP contribution in [0, 0.1) is 16.0 Å². The molecule has 0 saturated carbocycles. The van der Waals surface area contributed by atoms with E-state index in [1.807, 2.05) is 13.0 Å². The molecular formula is C15H18N4O4. The van der Waals surface area contributed by atoms with Crippen LogP contribution in [0.2, 0.25) is 0 Å². The number of hydrogen-bond donors (Lipinski definition) is 1. The molecule has 8 nitrogen and oxygen atoms in total. The monoisotopic (exact) mass is 318 g/mol. The third kappa shape index (κ3) is 4.29. The summed E-state index contributed by atoms with van der Waals surface area (Å²) in [7, 11) is 0. The van der Waals surface area contributed by atoms with Gasteiger partial charge in [-0.05, 0) is 19.1 Å². The minimum atomic E-state index is -0.521. The number of benzene rings is 1. The lowest BCUT2D eigenvalue weighted by Gasteiger charge is -2.14. The number of anilines is 1. The summed E-state index contributed by atoms with van der Waals surface area (Å²) in [6, 6.07) is 7.17. The highest BCUT2D eigenvalue weighted by atomic mass is 16.6. The predicted molar refractivity (Wildman–Crippen MR) is 84.3 cm³/mol. The van der Waals surface area contributed by atoms with Crippen LogP contribution in [0.15, 0.2) is 36.7 Å². The fraction of sp³-hybridized carbons (Fsp3) is 0.333. The molecule has 2 rings (SSSR count). The van der Waals surface area contributed by atoms with E-state index in [1.165, 1.54) is 10.9 Å². The Labute approximate surface area is 133 Å². The van der Waals surface area contributed by atoms with Crippen LogP contribution < -0.4 is 10.1 Å². The average molecular weight is 318 g/mol. The van der Waals surface area contributed by atoms with E-state index in [2.05, 4.69) is 10.4 Å². The molecule has 1 heterocycles. The molecule has 0 aliphatic carbocycles. The van der Waals surface area contributed by atoms with Crippen LogP contribution in [-0.2, 0) is 11.3 Å². The van der Waals surface area contributed by atoms with Gasteiger partial charge in [0.2, 0.25) is 5.91 Å². The number of aromatic nitrogens is 2. The van der Waals surface area contributed by atoms with Crippen LogP contribution in [0.25, 0.3) is 0 Å². The summed E-state index contributed by atoms with van der Waals surface area (Å²) in [6.07, 6.45) is 2.47. The Morgan fingerprint density at radius 3 is 2.87 bits per heavy atom. The topological polar surface area (TPSA) is 99.3 Å². The number of nitro groups is 1. The SMILES string of the molecule is CCOc1ccccc1NC(=O)[C@H](C)Cn1cc([N+](=O)[O-])cn1. The normalized spacial score (nSPS) is 11.7. The van der Waals surface area contributed by atoms with Crippen LogP contribution in [0.3, 0.4) is 0 Å². The summed E-state index contributed by atoms with van der Waals surface area (Å²) < 4.78 is 6.84. The summed E-state index contributed by atoms with van der Waals surface area (Å²) in [4.78, 5) is 22.4. The fourth-order valence-corrected chi connectivity index (χ4v) is 2.02. The van der Waals surface area contributed by atoms with Gasteiger partial charge in [-0.15, -0.1) is 0 Å². The number of carbonyl (C=O) groups excluding carboxylic acids is 1. The Hall–Kier alpha value is -2.90. The maximum atomic E-state index is 12.3. The van der Waals surface area contributed by atoms with Gasteiger partial charge < -0.3 is 10.1 Å². The van der Waals surface area contributed by atoms with Gasteiger partial charge in [-0.25, -0.2) is 0 Å². The van der Waals surface area contributed by atoms with Gasteiger partial charge in [-0.2, -0.15) is 5.10 Å². The van der Waals surface area contributed by atoms with E-state index < -0.39 is 10.8 Å². The molecular weight excluding hydrogens is 300 g/mol. The van der Waals surface area contributed by atoms with Gasteiger partial charge in [-0.3, -0.25) is 19.6 Å². The first-order valence-corrected chi connectivity index (χ1v) is 7.20. The Bertz CT molecular complexity index is 698. The Kier molecular flexibility index (Phi) is 5.29. The number of nitrogens with one attached hydrogen (secondary N) is 1. The molecule has 0 spiro atoms. The van der Waals surface area contributed by atoms with Crippen molar-refractivity contribution in [3.8, 4) is 5.75 Å². The van der Waals surface area contributed by atoms with Crippen molar-refractivity contribution >= 4 is 17.3 Å². The van der Waals surface area contributed by atoms with Gasteiger partial charge in [0.25, 0.3) is 0 Å². The first kappa shape index (κ1) is 16.5.